The summed E-state index contributed by atoms with van der Waals surface area (Å²) in [6, 6.07) is 0.787. The Morgan fingerprint density at radius 3 is 3.00 bits per heavy atom. The number of hydrogen-bond acceptors (Lipinski definition) is 2. The molecule has 0 amide bonds. The maximum atomic E-state index is 3.75. The highest BCUT2D eigenvalue weighted by Gasteiger charge is 2.19. The van der Waals surface area contributed by atoms with Gasteiger partial charge in [0, 0.05) is 12.6 Å². The van der Waals surface area contributed by atoms with Crippen molar-refractivity contribution in [3.63, 3.8) is 0 Å². The molecule has 2 nitrogen and oxygen atoms in total. The largest absolute Gasteiger partial charge is 0.315 e. The van der Waals surface area contributed by atoms with Gasteiger partial charge in [-0.15, -0.1) is 6.58 Å². The fraction of sp³-hybridized carbons (Fsp3) is 0.818. The van der Waals surface area contributed by atoms with Crippen LogP contribution >= 0.6 is 0 Å². The van der Waals surface area contributed by atoms with Gasteiger partial charge in [0.25, 0.3) is 0 Å². The van der Waals surface area contributed by atoms with Crippen molar-refractivity contribution in [1.29, 1.82) is 0 Å². The van der Waals surface area contributed by atoms with Crippen LogP contribution in [0, 0.1) is 0 Å². The summed E-state index contributed by atoms with van der Waals surface area (Å²) in [5.41, 5.74) is 0. The van der Waals surface area contributed by atoms with Crippen LogP contribution < -0.4 is 5.32 Å². The maximum absolute atomic E-state index is 3.75. The monoisotopic (exact) mass is 182 g/mol. The lowest BCUT2D eigenvalue weighted by atomic mass is 10.2. The van der Waals surface area contributed by atoms with E-state index in [0.717, 1.165) is 12.5 Å². The molecule has 1 unspecified atom stereocenters. The molecule has 0 spiro atoms. The van der Waals surface area contributed by atoms with Gasteiger partial charge in [-0.3, -0.25) is 4.90 Å². The molecule has 1 N–H and O–H groups in total. The summed E-state index contributed by atoms with van der Waals surface area (Å²) in [5.74, 6) is 0. The molecule has 1 saturated heterocycles. The van der Waals surface area contributed by atoms with Crippen LogP contribution in [-0.2, 0) is 0 Å². The fourth-order valence-electron chi connectivity index (χ4n) is 1.99. The number of rotatable bonds is 6. The number of unbranched alkanes of at least 4 members (excludes halogenated alkanes) is 1. The van der Waals surface area contributed by atoms with Gasteiger partial charge in [0.05, 0.1) is 0 Å². The van der Waals surface area contributed by atoms with Gasteiger partial charge in [0.2, 0.25) is 0 Å². The van der Waals surface area contributed by atoms with Gasteiger partial charge in [0.15, 0.2) is 0 Å². The van der Waals surface area contributed by atoms with E-state index in [0.29, 0.717) is 0 Å². The van der Waals surface area contributed by atoms with Gasteiger partial charge in [-0.1, -0.05) is 13.0 Å². The van der Waals surface area contributed by atoms with Gasteiger partial charge in [-0.25, -0.2) is 0 Å². The summed E-state index contributed by atoms with van der Waals surface area (Å²) in [7, 11) is 0. The van der Waals surface area contributed by atoms with Crippen LogP contribution in [0.3, 0.4) is 0 Å². The van der Waals surface area contributed by atoms with E-state index in [9.17, 15) is 0 Å². The predicted octanol–water partition coefficient (Wildman–Crippen LogP) is 1.64. The van der Waals surface area contributed by atoms with E-state index in [-0.39, 0.29) is 0 Å². The summed E-state index contributed by atoms with van der Waals surface area (Å²) in [4.78, 5) is 2.59. The molecule has 1 atom stereocenters. The third-order valence-electron chi connectivity index (χ3n) is 2.81. The van der Waals surface area contributed by atoms with E-state index in [1.807, 2.05) is 6.08 Å². The first-order valence-corrected chi connectivity index (χ1v) is 5.44. The molecule has 2 heteroatoms. The highest BCUT2D eigenvalue weighted by molar-refractivity contribution is 4.80. The lowest BCUT2D eigenvalue weighted by Crippen LogP contribution is -2.37. The molecule has 0 radical (unpaired) electrons. The van der Waals surface area contributed by atoms with Gasteiger partial charge >= 0.3 is 0 Å². The van der Waals surface area contributed by atoms with Gasteiger partial charge in [-0.05, 0) is 38.9 Å². The van der Waals surface area contributed by atoms with Crippen molar-refractivity contribution < 1.29 is 0 Å². The van der Waals surface area contributed by atoms with Crippen LogP contribution in [0.4, 0.5) is 0 Å². The number of nitrogens with one attached hydrogen (secondary N) is 1. The van der Waals surface area contributed by atoms with Crippen LogP contribution in [0.2, 0.25) is 0 Å². The van der Waals surface area contributed by atoms with Crippen molar-refractivity contribution in [1.82, 2.24) is 10.2 Å². The van der Waals surface area contributed by atoms with Crippen LogP contribution in [0.1, 0.15) is 26.2 Å². The second-order valence-corrected chi connectivity index (χ2v) is 3.71. The molecular weight excluding hydrogens is 160 g/mol. The Labute approximate surface area is 82.0 Å². The van der Waals surface area contributed by atoms with Crippen molar-refractivity contribution in [2.45, 2.75) is 32.2 Å². The van der Waals surface area contributed by atoms with Crippen molar-refractivity contribution in [2.75, 3.05) is 26.2 Å². The summed E-state index contributed by atoms with van der Waals surface area (Å²) >= 11 is 0. The summed E-state index contributed by atoms with van der Waals surface area (Å²) in [5, 5.41) is 3.42. The number of likely N-dealkylation sites (N-methyl/N-ethyl adjacent to an activating group) is 1. The first kappa shape index (κ1) is 10.7. The minimum atomic E-state index is 0.787. The molecule has 13 heavy (non-hydrogen) atoms. The zero-order chi connectivity index (χ0) is 9.52. The minimum absolute atomic E-state index is 0.787. The Morgan fingerprint density at radius 1 is 1.62 bits per heavy atom. The second kappa shape index (κ2) is 6.17. The highest BCUT2D eigenvalue weighted by atomic mass is 15.2. The van der Waals surface area contributed by atoms with E-state index in [4.69, 9.17) is 0 Å². The molecule has 1 aliphatic heterocycles. The zero-order valence-corrected chi connectivity index (χ0v) is 8.76. The molecule has 1 heterocycles. The summed E-state index contributed by atoms with van der Waals surface area (Å²) in [6.07, 6.45) is 5.74. The second-order valence-electron chi connectivity index (χ2n) is 3.71. The van der Waals surface area contributed by atoms with Crippen LogP contribution in [-0.4, -0.2) is 37.1 Å². The number of nitrogens with zero attached hydrogens (tertiary/aromatic N) is 1. The molecule has 76 valence electrons. The maximum Gasteiger partial charge on any atom is 0.0232 e. The van der Waals surface area contributed by atoms with Crippen molar-refractivity contribution in [2.24, 2.45) is 0 Å². The molecule has 1 fully saturated rings. The third-order valence-corrected chi connectivity index (χ3v) is 2.81. The third kappa shape index (κ3) is 3.49. The predicted molar refractivity (Wildman–Crippen MR) is 58.0 cm³/mol. The smallest absolute Gasteiger partial charge is 0.0232 e. The summed E-state index contributed by atoms with van der Waals surface area (Å²) in [6.45, 7) is 10.8. The normalized spacial score (nSPS) is 22.5. The van der Waals surface area contributed by atoms with E-state index in [2.05, 4.69) is 23.7 Å². The lowest BCUT2D eigenvalue weighted by Gasteiger charge is -2.26. The zero-order valence-electron chi connectivity index (χ0n) is 8.76. The van der Waals surface area contributed by atoms with Gasteiger partial charge < -0.3 is 5.32 Å². The first-order valence-electron chi connectivity index (χ1n) is 5.44. The summed E-state index contributed by atoms with van der Waals surface area (Å²) < 4.78 is 0. The van der Waals surface area contributed by atoms with Crippen LogP contribution in [0.15, 0.2) is 12.7 Å². The quantitative estimate of drug-likeness (QED) is 0.496. The number of hydrogen-bond donors (Lipinski definition) is 1. The van der Waals surface area contributed by atoms with E-state index < -0.39 is 0 Å². The SMILES string of the molecule is C=CCCCN(CC)C1CCNC1. The first-order chi connectivity index (χ1) is 6.38. The van der Waals surface area contributed by atoms with Crippen LogP contribution in [0.5, 0.6) is 0 Å². The molecule has 0 saturated carbocycles. The molecule has 0 aromatic heterocycles. The molecule has 1 rings (SSSR count). The van der Waals surface area contributed by atoms with Gasteiger partial charge in [-0.2, -0.15) is 0 Å². The van der Waals surface area contributed by atoms with E-state index >= 15 is 0 Å². The number of allylic oxidation sites excluding steroid dienone is 1. The Hall–Kier alpha value is -0.340. The highest BCUT2D eigenvalue weighted by Crippen LogP contribution is 2.09. The fourth-order valence-corrected chi connectivity index (χ4v) is 1.99. The Morgan fingerprint density at radius 2 is 2.46 bits per heavy atom. The van der Waals surface area contributed by atoms with Crippen molar-refractivity contribution in [3.05, 3.63) is 12.7 Å². The standard InChI is InChI=1S/C11H22N2/c1-3-5-6-9-13(4-2)11-7-8-12-10-11/h3,11-12H,1,4-10H2,2H3. The van der Waals surface area contributed by atoms with Crippen LogP contribution in [0.25, 0.3) is 0 Å². The Bertz CT molecular complexity index is 139. The molecule has 0 aromatic carbocycles. The van der Waals surface area contributed by atoms with E-state index in [1.165, 1.54) is 39.0 Å². The van der Waals surface area contributed by atoms with Crippen molar-refractivity contribution >= 4 is 0 Å². The minimum Gasteiger partial charge on any atom is -0.315 e. The molecular formula is C11H22N2. The Balaban J connectivity index is 2.20. The molecule has 0 aromatic rings. The average molecular weight is 182 g/mol. The lowest BCUT2D eigenvalue weighted by molar-refractivity contribution is 0.217. The van der Waals surface area contributed by atoms with E-state index in [1.54, 1.807) is 0 Å². The topological polar surface area (TPSA) is 15.3 Å². The molecule has 1 aliphatic rings. The Kier molecular flexibility index (Phi) is 5.09. The molecule has 0 bridgehead atoms. The average Bonchev–Trinajstić information content (AvgIpc) is 2.65. The van der Waals surface area contributed by atoms with Gasteiger partial charge in [0.1, 0.15) is 0 Å². The van der Waals surface area contributed by atoms with Crippen molar-refractivity contribution in [3.8, 4) is 0 Å². The molecule has 0 aliphatic carbocycles.